The Balaban J connectivity index is 4.31. The average molecular weight is 852 g/mol. The van der Waals surface area contributed by atoms with Gasteiger partial charge in [0.25, 0.3) is 0 Å². The Morgan fingerprint density at radius 2 is 1.02 bits per heavy atom. The van der Waals surface area contributed by atoms with Crippen LogP contribution in [0, 0.1) is 0 Å². The number of aliphatic hydroxyl groups is 1. The highest BCUT2D eigenvalue weighted by atomic mass is 31.2. The standard InChI is InChI=1S/C50H95N2O6P/c1-6-8-10-12-14-16-18-20-22-23-24-25-26-27-28-30-31-33-35-37-39-41-43-49(53)48(47-58-59(55,56)57-46-45-52(3,4)5)51-50(54)44-42-40-38-36-34-32-29-21-19-17-15-13-11-9-7-2/h9,11,15,17,21,29,34,36,48-49,53H,6-8,10,12-14,16,18-20,22-28,30-33,35,37-47H2,1-5H3,(H-,51,54,55,56)/p+1/b11-9-,17-15-,29-21-,36-34-. The van der Waals surface area contributed by atoms with Gasteiger partial charge < -0.3 is 19.8 Å². The molecule has 1 amide bonds. The number of hydrogen-bond acceptors (Lipinski definition) is 5. The molecule has 0 fully saturated rings. The zero-order chi connectivity index (χ0) is 43.6. The Labute approximate surface area is 365 Å². The van der Waals surface area contributed by atoms with Crippen molar-refractivity contribution < 1.29 is 32.9 Å². The van der Waals surface area contributed by atoms with Crippen LogP contribution in [0.4, 0.5) is 0 Å². The molecule has 0 aliphatic carbocycles. The molecule has 0 bridgehead atoms. The van der Waals surface area contributed by atoms with Crippen molar-refractivity contribution >= 4 is 13.7 Å². The van der Waals surface area contributed by atoms with Crippen LogP contribution in [0.1, 0.15) is 213 Å². The predicted octanol–water partition coefficient (Wildman–Crippen LogP) is 14.0. The number of carbonyl (C=O) groups is 1. The van der Waals surface area contributed by atoms with Gasteiger partial charge in [0, 0.05) is 6.42 Å². The fraction of sp³-hybridized carbons (Fsp3) is 0.820. The molecule has 0 aromatic carbocycles. The molecule has 0 aromatic heterocycles. The van der Waals surface area contributed by atoms with Gasteiger partial charge in [-0.15, -0.1) is 0 Å². The molecule has 0 rings (SSSR count). The molecule has 8 nitrogen and oxygen atoms in total. The highest BCUT2D eigenvalue weighted by molar-refractivity contribution is 7.47. The number of amides is 1. The zero-order valence-corrected chi connectivity index (χ0v) is 40.1. The molecule has 0 aromatic rings. The highest BCUT2D eigenvalue weighted by Crippen LogP contribution is 2.43. The normalized spacial score (nSPS) is 14.6. The first kappa shape index (κ1) is 57.5. The lowest BCUT2D eigenvalue weighted by atomic mass is 10.0. The third kappa shape index (κ3) is 44.3. The summed E-state index contributed by atoms with van der Waals surface area (Å²) in [5, 5.41) is 14.0. The number of rotatable bonds is 44. The Bertz CT molecular complexity index is 1100. The number of phosphoric acid groups is 1. The first-order valence-corrected chi connectivity index (χ1v) is 26.0. The number of aliphatic hydroxyl groups excluding tert-OH is 1. The lowest BCUT2D eigenvalue weighted by Gasteiger charge is -2.26. The predicted molar refractivity (Wildman–Crippen MR) is 254 cm³/mol. The van der Waals surface area contributed by atoms with E-state index in [9.17, 15) is 19.4 Å². The molecule has 3 unspecified atom stereocenters. The van der Waals surface area contributed by atoms with Crippen molar-refractivity contribution in [1.82, 2.24) is 5.32 Å². The van der Waals surface area contributed by atoms with E-state index in [1.54, 1.807) is 0 Å². The molecule has 0 heterocycles. The van der Waals surface area contributed by atoms with E-state index in [0.717, 1.165) is 64.2 Å². The van der Waals surface area contributed by atoms with Crippen LogP contribution in [0.2, 0.25) is 0 Å². The summed E-state index contributed by atoms with van der Waals surface area (Å²) in [7, 11) is 1.58. The van der Waals surface area contributed by atoms with Crippen molar-refractivity contribution in [3.63, 3.8) is 0 Å². The second-order valence-electron chi connectivity index (χ2n) is 17.8. The summed E-state index contributed by atoms with van der Waals surface area (Å²) in [6.45, 7) is 4.75. The van der Waals surface area contributed by atoms with Crippen molar-refractivity contribution in [2.24, 2.45) is 0 Å². The average Bonchev–Trinajstić information content (AvgIpc) is 3.19. The molecular formula is C50H96N2O6P+. The number of allylic oxidation sites excluding steroid dienone is 8. The second kappa shape index (κ2) is 41.8. The van der Waals surface area contributed by atoms with Gasteiger partial charge in [-0.2, -0.15) is 0 Å². The molecule has 0 aliphatic heterocycles. The van der Waals surface area contributed by atoms with Crippen LogP contribution in [-0.4, -0.2) is 73.4 Å². The number of unbranched alkanes of at least 4 members (excludes halogenated alkanes) is 23. The summed E-state index contributed by atoms with van der Waals surface area (Å²) in [5.74, 6) is -0.185. The van der Waals surface area contributed by atoms with Gasteiger partial charge in [-0.25, -0.2) is 4.57 Å². The summed E-state index contributed by atoms with van der Waals surface area (Å²) in [6, 6.07) is -0.783. The van der Waals surface area contributed by atoms with E-state index in [0.29, 0.717) is 23.9 Å². The third-order valence-corrected chi connectivity index (χ3v) is 11.8. The van der Waals surface area contributed by atoms with Gasteiger partial charge in [-0.3, -0.25) is 13.8 Å². The van der Waals surface area contributed by atoms with Gasteiger partial charge >= 0.3 is 7.82 Å². The van der Waals surface area contributed by atoms with Gasteiger partial charge in [0.1, 0.15) is 13.2 Å². The Kier molecular flexibility index (Phi) is 40.7. The molecule has 9 heteroatoms. The van der Waals surface area contributed by atoms with Gasteiger partial charge in [-0.05, 0) is 51.4 Å². The molecule has 0 aliphatic rings. The minimum atomic E-state index is -4.33. The van der Waals surface area contributed by atoms with Crippen molar-refractivity contribution in [3.8, 4) is 0 Å². The Hall–Kier alpha value is -1.54. The van der Waals surface area contributed by atoms with Crippen LogP contribution in [0.3, 0.4) is 0 Å². The number of hydrogen-bond donors (Lipinski definition) is 3. The minimum absolute atomic E-state index is 0.0651. The lowest BCUT2D eigenvalue weighted by molar-refractivity contribution is -0.870. The maximum absolute atomic E-state index is 12.9. The largest absolute Gasteiger partial charge is 0.472 e. The smallest absolute Gasteiger partial charge is 0.391 e. The molecule has 3 atom stereocenters. The number of quaternary nitrogens is 1. The van der Waals surface area contributed by atoms with E-state index in [1.807, 2.05) is 21.1 Å². The third-order valence-electron chi connectivity index (χ3n) is 10.8. The van der Waals surface area contributed by atoms with Crippen LogP contribution in [0.25, 0.3) is 0 Å². The first-order valence-electron chi connectivity index (χ1n) is 24.5. The van der Waals surface area contributed by atoms with Gasteiger partial charge in [-0.1, -0.05) is 204 Å². The fourth-order valence-corrected chi connectivity index (χ4v) is 7.71. The lowest BCUT2D eigenvalue weighted by Crippen LogP contribution is -2.46. The quantitative estimate of drug-likeness (QED) is 0.0244. The minimum Gasteiger partial charge on any atom is -0.391 e. The molecule has 0 spiro atoms. The topological polar surface area (TPSA) is 105 Å². The van der Waals surface area contributed by atoms with E-state index >= 15 is 0 Å². The van der Waals surface area contributed by atoms with E-state index in [-0.39, 0.29) is 19.1 Å². The monoisotopic (exact) mass is 852 g/mol. The SMILES string of the molecule is CC/C=C\C/C=C\C/C=C\C/C=C\CCCCC(=O)NC(COP(=O)(O)OCC[N+](C)(C)C)C(O)CCCCCCCCCCCCCCCCCCCCCCCC. The summed E-state index contributed by atoms with van der Waals surface area (Å²) < 4.78 is 23.7. The maximum atomic E-state index is 12.9. The number of phosphoric ester groups is 1. The molecule has 346 valence electrons. The fourth-order valence-electron chi connectivity index (χ4n) is 6.98. The van der Waals surface area contributed by atoms with Crippen molar-refractivity contribution in [1.29, 1.82) is 0 Å². The molecule has 59 heavy (non-hydrogen) atoms. The molecule has 0 saturated heterocycles. The summed E-state index contributed by atoms with van der Waals surface area (Å²) in [5.41, 5.74) is 0. The van der Waals surface area contributed by atoms with Gasteiger partial charge in [0.05, 0.1) is 39.9 Å². The molecular weight excluding hydrogens is 756 g/mol. The van der Waals surface area contributed by atoms with Crippen molar-refractivity contribution in [2.75, 3.05) is 40.9 Å². The van der Waals surface area contributed by atoms with Crippen LogP contribution in [0.15, 0.2) is 48.6 Å². The molecule has 3 N–H and O–H groups in total. The van der Waals surface area contributed by atoms with Crippen LogP contribution in [-0.2, 0) is 18.4 Å². The van der Waals surface area contributed by atoms with Crippen molar-refractivity contribution in [3.05, 3.63) is 48.6 Å². The first-order chi connectivity index (χ1) is 28.5. The maximum Gasteiger partial charge on any atom is 0.472 e. The van der Waals surface area contributed by atoms with Crippen LogP contribution in [0.5, 0.6) is 0 Å². The zero-order valence-electron chi connectivity index (χ0n) is 39.2. The second-order valence-corrected chi connectivity index (χ2v) is 19.3. The Morgan fingerprint density at radius 1 is 0.593 bits per heavy atom. The number of carbonyl (C=O) groups excluding carboxylic acids is 1. The van der Waals surface area contributed by atoms with Gasteiger partial charge in [0.15, 0.2) is 0 Å². The highest BCUT2D eigenvalue weighted by Gasteiger charge is 2.28. The number of nitrogens with one attached hydrogen (secondary N) is 1. The van der Waals surface area contributed by atoms with E-state index in [1.165, 1.54) is 122 Å². The number of likely N-dealkylation sites (N-methyl/N-ethyl adjacent to an activating group) is 1. The van der Waals surface area contributed by atoms with Crippen LogP contribution < -0.4 is 5.32 Å². The summed E-state index contributed by atoms with van der Waals surface area (Å²) in [4.78, 5) is 23.2. The molecule has 0 radical (unpaired) electrons. The van der Waals surface area contributed by atoms with Crippen LogP contribution >= 0.6 is 7.82 Å². The van der Waals surface area contributed by atoms with E-state index < -0.39 is 20.0 Å². The number of nitrogens with zero attached hydrogens (tertiary/aromatic N) is 1. The van der Waals surface area contributed by atoms with Gasteiger partial charge in [0.2, 0.25) is 5.91 Å². The van der Waals surface area contributed by atoms with E-state index in [2.05, 4.69) is 67.8 Å². The van der Waals surface area contributed by atoms with E-state index in [4.69, 9.17) is 9.05 Å². The summed E-state index contributed by atoms with van der Waals surface area (Å²) >= 11 is 0. The Morgan fingerprint density at radius 3 is 1.46 bits per heavy atom. The molecule has 0 saturated carbocycles. The van der Waals surface area contributed by atoms with Crippen molar-refractivity contribution in [2.45, 2.75) is 225 Å². The summed E-state index contributed by atoms with van der Waals surface area (Å²) in [6.07, 6.45) is 53.0.